The van der Waals surface area contributed by atoms with E-state index in [0.717, 1.165) is 16.3 Å². The van der Waals surface area contributed by atoms with E-state index in [0.29, 0.717) is 18.7 Å². The number of Topliss-reactive ketones (excluding diaryl/α,β-unsaturated/α-hetero) is 1. The first-order chi connectivity index (χ1) is 14.3. The number of ketones is 1. The van der Waals surface area contributed by atoms with Crippen LogP contribution in [0.2, 0.25) is 0 Å². The molecule has 0 saturated heterocycles. The maximum atomic E-state index is 12.6. The van der Waals surface area contributed by atoms with Crippen LogP contribution in [-0.2, 0) is 20.8 Å². The molecule has 0 aliphatic carbocycles. The number of nitrogens with zero attached hydrogens (tertiary/aromatic N) is 2. The maximum Gasteiger partial charge on any atom is 0.329 e. The highest BCUT2D eigenvalue weighted by Crippen LogP contribution is 2.25. The normalized spacial score (nSPS) is 14.1. The summed E-state index contributed by atoms with van der Waals surface area (Å²) in [5.41, 5.74) is 2.63. The van der Waals surface area contributed by atoms with Crippen LogP contribution in [0, 0.1) is 13.8 Å². The quantitative estimate of drug-likeness (QED) is 0.375. The number of carbonyl (C=O) groups is 4. The molecule has 0 spiro atoms. The molecule has 0 radical (unpaired) electrons. The highest BCUT2D eigenvalue weighted by Gasteiger charge is 2.41. The molecule has 0 N–H and O–H groups in total. The van der Waals surface area contributed by atoms with Gasteiger partial charge in [-0.15, -0.1) is 0 Å². The number of hydrogen-bond donors (Lipinski definition) is 0. The van der Waals surface area contributed by atoms with Gasteiger partial charge in [-0.25, -0.2) is 4.79 Å². The summed E-state index contributed by atoms with van der Waals surface area (Å²) >= 11 is 0. The SMILES string of the molecule is COCCn1c(C)cc(C(=O)COC(=O)[C@H](C)N2C(=O)c3ccccc3C2=O)c1C. The van der Waals surface area contributed by atoms with Crippen molar-refractivity contribution in [1.82, 2.24) is 9.47 Å². The molecular formula is C22H24N2O6. The van der Waals surface area contributed by atoms with E-state index in [9.17, 15) is 19.2 Å². The summed E-state index contributed by atoms with van der Waals surface area (Å²) in [6, 6.07) is 6.98. The summed E-state index contributed by atoms with van der Waals surface area (Å²) in [5.74, 6) is -2.26. The highest BCUT2D eigenvalue weighted by atomic mass is 16.5. The molecule has 1 aromatic heterocycles. The molecule has 0 fully saturated rings. The zero-order valence-corrected chi connectivity index (χ0v) is 17.4. The molecule has 30 heavy (non-hydrogen) atoms. The molecule has 1 aliphatic rings. The van der Waals surface area contributed by atoms with Gasteiger partial charge in [0.15, 0.2) is 6.61 Å². The third-order valence-electron chi connectivity index (χ3n) is 5.29. The second-order valence-corrected chi connectivity index (χ2v) is 7.16. The summed E-state index contributed by atoms with van der Waals surface area (Å²) in [6.45, 7) is 5.76. The lowest BCUT2D eigenvalue weighted by atomic mass is 10.1. The minimum atomic E-state index is -1.14. The molecule has 2 amide bonds. The number of fused-ring (bicyclic) bond motifs is 1. The number of amides is 2. The van der Waals surface area contributed by atoms with Gasteiger partial charge in [0.25, 0.3) is 11.8 Å². The van der Waals surface area contributed by atoms with Crippen molar-refractivity contribution in [2.45, 2.75) is 33.4 Å². The zero-order chi connectivity index (χ0) is 22.0. The highest BCUT2D eigenvalue weighted by molar-refractivity contribution is 6.22. The smallest absolute Gasteiger partial charge is 0.329 e. The molecule has 2 heterocycles. The van der Waals surface area contributed by atoms with Gasteiger partial charge >= 0.3 is 5.97 Å². The van der Waals surface area contributed by atoms with Gasteiger partial charge in [-0.1, -0.05) is 12.1 Å². The maximum absolute atomic E-state index is 12.6. The molecule has 0 unspecified atom stereocenters. The summed E-state index contributed by atoms with van der Waals surface area (Å²) in [4.78, 5) is 50.9. The van der Waals surface area contributed by atoms with Gasteiger partial charge in [0, 0.05) is 30.6 Å². The van der Waals surface area contributed by atoms with Crippen molar-refractivity contribution in [2.75, 3.05) is 20.3 Å². The number of esters is 1. The van der Waals surface area contributed by atoms with Crippen molar-refractivity contribution in [1.29, 1.82) is 0 Å². The van der Waals surface area contributed by atoms with Gasteiger partial charge in [0.05, 0.1) is 17.7 Å². The van der Waals surface area contributed by atoms with Crippen molar-refractivity contribution in [2.24, 2.45) is 0 Å². The van der Waals surface area contributed by atoms with Crippen molar-refractivity contribution < 1.29 is 28.7 Å². The van der Waals surface area contributed by atoms with Crippen LogP contribution < -0.4 is 0 Å². The van der Waals surface area contributed by atoms with Crippen LogP contribution in [0.15, 0.2) is 30.3 Å². The van der Waals surface area contributed by atoms with Gasteiger partial charge in [0.2, 0.25) is 5.78 Å². The van der Waals surface area contributed by atoms with E-state index in [2.05, 4.69) is 0 Å². The van der Waals surface area contributed by atoms with E-state index in [1.165, 1.54) is 19.1 Å². The van der Waals surface area contributed by atoms with Crippen LogP contribution in [0.1, 0.15) is 49.4 Å². The number of imide groups is 1. The van der Waals surface area contributed by atoms with E-state index < -0.39 is 30.4 Å². The average Bonchev–Trinajstić information content (AvgIpc) is 3.16. The van der Waals surface area contributed by atoms with Crippen molar-refractivity contribution >= 4 is 23.6 Å². The third kappa shape index (κ3) is 3.78. The molecule has 0 bridgehead atoms. The number of methoxy groups -OCH3 is 1. The van der Waals surface area contributed by atoms with Crippen LogP contribution >= 0.6 is 0 Å². The van der Waals surface area contributed by atoms with Gasteiger partial charge in [0.1, 0.15) is 6.04 Å². The molecule has 0 saturated carbocycles. The molecule has 1 aromatic carbocycles. The van der Waals surface area contributed by atoms with Crippen LogP contribution in [0.4, 0.5) is 0 Å². The lowest BCUT2D eigenvalue weighted by molar-refractivity contribution is -0.146. The summed E-state index contributed by atoms with van der Waals surface area (Å²) in [6.07, 6.45) is 0. The molecule has 1 aliphatic heterocycles. The Morgan fingerprint density at radius 1 is 1.07 bits per heavy atom. The second-order valence-electron chi connectivity index (χ2n) is 7.16. The minimum Gasteiger partial charge on any atom is -0.456 e. The van der Waals surface area contributed by atoms with E-state index in [1.54, 1.807) is 25.3 Å². The number of aromatic nitrogens is 1. The number of carbonyl (C=O) groups excluding carboxylic acids is 4. The number of aryl methyl sites for hydroxylation is 1. The van der Waals surface area contributed by atoms with Crippen LogP contribution in [0.3, 0.4) is 0 Å². The Balaban J connectivity index is 1.66. The summed E-state index contributed by atoms with van der Waals surface area (Å²) in [7, 11) is 1.61. The lowest BCUT2D eigenvalue weighted by Crippen LogP contribution is -2.44. The van der Waals surface area contributed by atoms with Crippen molar-refractivity contribution in [3.8, 4) is 0 Å². The zero-order valence-electron chi connectivity index (χ0n) is 17.4. The topological polar surface area (TPSA) is 94.9 Å². The monoisotopic (exact) mass is 412 g/mol. The minimum absolute atomic E-state index is 0.252. The first kappa shape index (κ1) is 21.4. The standard InChI is InChI=1S/C22H24N2O6/c1-13-11-18(14(2)23(13)9-10-29-4)19(25)12-30-22(28)15(3)24-20(26)16-7-5-6-8-17(16)21(24)27/h5-8,11,15H,9-10,12H2,1-4H3/t15-/m0/s1. The average molecular weight is 412 g/mol. The van der Waals surface area contributed by atoms with Crippen molar-refractivity contribution in [3.63, 3.8) is 0 Å². The Labute approximate surface area is 174 Å². The van der Waals surface area contributed by atoms with Gasteiger partial charge in [-0.2, -0.15) is 0 Å². The fraction of sp³-hybridized carbons (Fsp3) is 0.364. The van der Waals surface area contributed by atoms with E-state index in [-0.39, 0.29) is 16.9 Å². The molecule has 1 atom stereocenters. The Morgan fingerprint density at radius 3 is 2.23 bits per heavy atom. The van der Waals surface area contributed by atoms with Gasteiger partial charge in [-0.3, -0.25) is 19.3 Å². The Morgan fingerprint density at radius 2 is 1.67 bits per heavy atom. The van der Waals surface area contributed by atoms with Crippen molar-refractivity contribution in [3.05, 3.63) is 58.4 Å². The first-order valence-electron chi connectivity index (χ1n) is 9.60. The second kappa shape index (κ2) is 8.62. The predicted molar refractivity (Wildman–Crippen MR) is 107 cm³/mol. The number of rotatable bonds is 8. The number of ether oxygens (including phenoxy) is 2. The third-order valence-corrected chi connectivity index (χ3v) is 5.29. The molecule has 2 aromatic rings. The van der Waals surface area contributed by atoms with Crippen LogP contribution in [-0.4, -0.2) is 59.4 Å². The molecule has 3 rings (SSSR count). The summed E-state index contributed by atoms with van der Waals surface area (Å²) < 4.78 is 12.2. The Hall–Kier alpha value is -3.26. The number of benzene rings is 1. The molecule has 158 valence electrons. The lowest BCUT2D eigenvalue weighted by Gasteiger charge is -2.20. The Bertz CT molecular complexity index is 988. The largest absolute Gasteiger partial charge is 0.456 e. The van der Waals surface area contributed by atoms with Gasteiger partial charge < -0.3 is 14.0 Å². The fourth-order valence-corrected chi connectivity index (χ4v) is 3.61. The van der Waals surface area contributed by atoms with Gasteiger partial charge in [-0.05, 0) is 39.0 Å². The van der Waals surface area contributed by atoms with E-state index in [1.807, 2.05) is 18.4 Å². The molecule has 8 nitrogen and oxygen atoms in total. The molecular weight excluding hydrogens is 388 g/mol. The number of hydrogen-bond acceptors (Lipinski definition) is 6. The van der Waals surface area contributed by atoms with E-state index >= 15 is 0 Å². The molecule has 8 heteroatoms. The Kier molecular flexibility index (Phi) is 6.17. The van der Waals surface area contributed by atoms with E-state index in [4.69, 9.17) is 9.47 Å². The summed E-state index contributed by atoms with van der Waals surface area (Å²) in [5, 5.41) is 0. The van der Waals surface area contributed by atoms with Crippen LogP contribution in [0.25, 0.3) is 0 Å². The van der Waals surface area contributed by atoms with Crippen LogP contribution in [0.5, 0.6) is 0 Å². The first-order valence-corrected chi connectivity index (χ1v) is 9.60. The fourth-order valence-electron chi connectivity index (χ4n) is 3.61. The predicted octanol–water partition coefficient (Wildman–Crippen LogP) is 2.16.